The van der Waals surface area contributed by atoms with Crippen molar-refractivity contribution in [1.29, 1.82) is 0 Å². The minimum absolute atomic E-state index is 0.0219. The Balaban J connectivity index is 1.72. The topological polar surface area (TPSA) is 77.8 Å². The molecular weight excluding hydrogens is 443 g/mol. The number of urea groups is 1. The first-order valence-electron chi connectivity index (χ1n) is 10.9. The molecule has 176 valence electrons. The number of carbonyl (C=O) groups is 2. The van der Waals surface area contributed by atoms with Gasteiger partial charge in [0, 0.05) is 23.7 Å². The lowest BCUT2D eigenvalue weighted by Crippen LogP contribution is -2.40. The lowest BCUT2D eigenvalue weighted by atomic mass is 10.2. The van der Waals surface area contributed by atoms with Gasteiger partial charge in [-0.25, -0.2) is 9.18 Å². The first-order valence-corrected chi connectivity index (χ1v) is 11.7. The van der Waals surface area contributed by atoms with Crippen LogP contribution in [0.1, 0.15) is 34.8 Å². The van der Waals surface area contributed by atoms with Crippen molar-refractivity contribution in [3.63, 3.8) is 0 Å². The van der Waals surface area contributed by atoms with E-state index in [1.165, 1.54) is 30.5 Å². The summed E-state index contributed by atoms with van der Waals surface area (Å²) < 4.78 is 19.5. The molecule has 0 aliphatic carbocycles. The smallest absolute Gasteiger partial charge is 0.322 e. The average Bonchev–Trinajstić information content (AvgIpc) is 3.47. The van der Waals surface area contributed by atoms with Gasteiger partial charge in [0.05, 0.1) is 24.1 Å². The van der Waals surface area contributed by atoms with E-state index >= 15 is 0 Å². The Morgan fingerprint density at radius 1 is 1.09 bits per heavy atom. The van der Waals surface area contributed by atoms with Crippen molar-refractivity contribution in [3.8, 4) is 0 Å². The van der Waals surface area contributed by atoms with Crippen molar-refractivity contribution >= 4 is 34.6 Å². The molecule has 2 aromatic heterocycles. The zero-order chi connectivity index (χ0) is 23.8. The monoisotopic (exact) mass is 472 g/mol. The lowest BCUT2D eigenvalue weighted by molar-refractivity contribution is 0.102. The number of hydrogen-bond acceptors (Lipinski definition) is 5. The largest absolute Gasteiger partial charge is 0.469 e. The van der Waals surface area contributed by atoms with E-state index in [1.54, 1.807) is 23.2 Å². The average molecular weight is 473 g/mol. The Morgan fingerprint density at radius 3 is 2.52 bits per heavy atom. The van der Waals surface area contributed by atoms with E-state index in [2.05, 4.69) is 29.4 Å². The number of aryl methyl sites for hydroxylation is 1. The Labute approximate surface area is 197 Å². The fraction of sp³-hybridized carbons (Fsp3) is 0.333. The third-order valence-corrected chi connectivity index (χ3v) is 6.23. The maximum atomic E-state index is 14.3. The predicted octanol–water partition coefficient (Wildman–Crippen LogP) is 5.42. The van der Waals surface area contributed by atoms with Gasteiger partial charge in [-0.2, -0.15) is 0 Å². The van der Waals surface area contributed by atoms with Crippen molar-refractivity contribution in [1.82, 2.24) is 9.80 Å². The third kappa shape index (κ3) is 6.66. The number of furan rings is 1. The van der Waals surface area contributed by atoms with Gasteiger partial charge in [-0.15, -0.1) is 11.3 Å². The molecule has 0 aliphatic rings. The maximum Gasteiger partial charge on any atom is 0.322 e. The van der Waals surface area contributed by atoms with Crippen LogP contribution in [0.4, 0.5) is 20.6 Å². The van der Waals surface area contributed by atoms with Crippen molar-refractivity contribution in [2.24, 2.45) is 0 Å². The van der Waals surface area contributed by atoms with Crippen LogP contribution in [0.25, 0.3) is 0 Å². The van der Waals surface area contributed by atoms with Gasteiger partial charge < -0.3 is 24.9 Å². The molecule has 3 rings (SSSR count). The molecule has 0 spiro atoms. The van der Waals surface area contributed by atoms with Crippen LogP contribution >= 0.6 is 11.3 Å². The minimum Gasteiger partial charge on any atom is -0.469 e. The van der Waals surface area contributed by atoms with Crippen LogP contribution < -0.4 is 10.6 Å². The summed E-state index contributed by atoms with van der Waals surface area (Å²) in [5.41, 5.74) is 0.688. The van der Waals surface area contributed by atoms with Crippen LogP contribution in [0.3, 0.4) is 0 Å². The molecule has 0 bridgehead atoms. The number of amides is 3. The van der Waals surface area contributed by atoms with Crippen LogP contribution in [0.2, 0.25) is 0 Å². The number of halogens is 1. The van der Waals surface area contributed by atoms with Gasteiger partial charge in [-0.05, 0) is 55.7 Å². The number of thiophene rings is 1. The Kier molecular flexibility index (Phi) is 8.62. The highest BCUT2D eigenvalue weighted by Crippen LogP contribution is 2.22. The summed E-state index contributed by atoms with van der Waals surface area (Å²) in [7, 11) is 0. The third-order valence-electron chi connectivity index (χ3n) is 5.36. The molecule has 3 aromatic rings. The molecule has 0 radical (unpaired) electrons. The zero-order valence-electron chi connectivity index (χ0n) is 19.1. The summed E-state index contributed by atoms with van der Waals surface area (Å²) in [4.78, 5) is 30.6. The first-order chi connectivity index (χ1) is 15.9. The summed E-state index contributed by atoms with van der Waals surface area (Å²) in [6, 6.07) is 9.28. The molecule has 0 atom stereocenters. The molecule has 0 saturated carbocycles. The second kappa shape index (κ2) is 11.6. The van der Waals surface area contributed by atoms with Crippen LogP contribution in [0, 0.1) is 12.7 Å². The van der Waals surface area contributed by atoms with Crippen molar-refractivity contribution in [2.75, 3.05) is 36.8 Å². The second-order valence-corrected chi connectivity index (χ2v) is 8.53. The molecule has 9 heteroatoms. The van der Waals surface area contributed by atoms with E-state index in [0.29, 0.717) is 30.1 Å². The quantitative estimate of drug-likeness (QED) is 0.413. The predicted molar refractivity (Wildman–Crippen MR) is 129 cm³/mol. The van der Waals surface area contributed by atoms with Crippen molar-refractivity contribution in [3.05, 3.63) is 70.1 Å². The van der Waals surface area contributed by atoms with E-state index in [9.17, 15) is 14.0 Å². The van der Waals surface area contributed by atoms with Crippen molar-refractivity contribution < 1.29 is 18.4 Å². The molecule has 33 heavy (non-hydrogen) atoms. The molecule has 0 saturated heterocycles. The molecule has 3 amide bonds. The molecule has 7 nitrogen and oxygen atoms in total. The number of likely N-dealkylation sites (N-methyl/N-ethyl adjacent to an activating group) is 1. The molecule has 1 aromatic carbocycles. The molecular formula is C24H29FN4O3S. The summed E-state index contributed by atoms with van der Waals surface area (Å²) in [6.07, 6.45) is 1.40. The van der Waals surface area contributed by atoms with E-state index in [0.717, 1.165) is 24.5 Å². The fourth-order valence-corrected chi connectivity index (χ4v) is 4.08. The van der Waals surface area contributed by atoms with Gasteiger partial charge in [0.25, 0.3) is 5.91 Å². The minimum atomic E-state index is -0.598. The van der Waals surface area contributed by atoms with E-state index < -0.39 is 11.7 Å². The van der Waals surface area contributed by atoms with Crippen LogP contribution in [0.15, 0.2) is 52.5 Å². The molecule has 2 N–H and O–H groups in total. The van der Waals surface area contributed by atoms with Gasteiger partial charge in [-0.1, -0.05) is 19.9 Å². The lowest BCUT2D eigenvalue weighted by Gasteiger charge is -2.26. The number of benzene rings is 1. The number of nitrogens with one attached hydrogen (secondary N) is 2. The maximum absolute atomic E-state index is 14.3. The van der Waals surface area contributed by atoms with Gasteiger partial charge in [0.2, 0.25) is 0 Å². The van der Waals surface area contributed by atoms with Crippen LogP contribution in [-0.2, 0) is 6.54 Å². The van der Waals surface area contributed by atoms with Crippen LogP contribution in [0.5, 0.6) is 0 Å². The van der Waals surface area contributed by atoms with Gasteiger partial charge in [0.1, 0.15) is 11.6 Å². The van der Waals surface area contributed by atoms with E-state index in [-0.39, 0.29) is 11.7 Å². The van der Waals surface area contributed by atoms with Gasteiger partial charge in [0.15, 0.2) is 0 Å². The molecule has 0 unspecified atom stereocenters. The molecule has 2 heterocycles. The highest BCUT2D eigenvalue weighted by molar-refractivity contribution is 7.09. The zero-order valence-corrected chi connectivity index (χ0v) is 19.9. The fourth-order valence-electron chi connectivity index (χ4n) is 3.36. The van der Waals surface area contributed by atoms with Gasteiger partial charge in [-0.3, -0.25) is 4.79 Å². The molecule has 0 aliphatic heterocycles. The number of hydrogen-bond donors (Lipinski definition) is 2. The highest BCUT2D eigenvalue weighted by Gasteiger charge is 2.18. The normalized spacial score (nSPS) is 10.9. The van der Waals surface area contributed by atoms with E-state index in [4.69, 9.17) is 4.42 Å². The standard InChI is InChI=1S/C24H29FN4O3S/c1-4-28(5-2)11-12-29(16-19-7-6-14-33-19)24(31)26-18-8-9-21(25)22(15-18)27-23(30)20-10-13-32-17(20)3/h6-10,13-15H,4-5,11-12,16H2,1-3H3,(H,26,31)(H,27,30). The van der Waals surface area contributed by atoms with Crippen molar-refractivity contribution in [2.45, 2.75) is 27.3 Å². The SMILES string of the molecule is CCN(CC)CCN(Cc1cccs1)C(=O)Nc1ccc(F)c(NC(=O)c2ccoc2C)c1. The highest BCUT2D eigenvalue weighted by atomic mass is 32.1. The Bertz CT molecular complexity index is 1060. The first kappa shape index (κ1) is 24.5. The summed E-state index contributed by atoms with van der Waals surface area (Å²) in [6.45, 7) is 9.43. The number of carbonyl (C=O) groups excluding carboxylic acids is 2. The number of anilines is 2. The Hall–Kier alpha value is -3.17. The van der Waals surface area contributed by atoms with Crippen LogP contribution in [-0.4, -0.2) is 47.9 Å². The molecule has 0 fully saturated rings. The summed E-state index contributed by atoms with van der Waals surface area (Å²) in [5.74, 6) is -0.642. The van der Waals surface area contributed by atoms with E-state index in [1.807, 2.05) is 17.5 Å². The summed E-state index contributed by atoms with van der Waals surface area (Å²) in [5, 5.41) is 7.36. The number of nitrogens with zero attached hydrogens (tertiary/aromatic N) is 2. The number of rotatable bonds is 10. The Morgan fingerprint density at radius 2 is 1.88 bits per heavy atom. The summed E-state index contributed by atoms with van der Waals surface area (Å²) >= 11 is 1.59. The second-order valence-electron chi connectivity index (χ2n) is 7.50. The van der Waals surface area contributed by atoms with Gasteiger partial charge >= 0.3 is 6.03 Å².